The lowest BCUT2D eigenvalue weighted by atomic mass is 10.8. The van der Waals surface area contributed by atoms with Crippen LogP contribution in [0, 0.1) is 6.67 Å². The smallest absolute Gasteiger partial charge is 0.293 e. The molecule has 2 heterocycles. The van der Waals surface area contributed by atoms with E-state index in [2.05, 4.69) is 11.7 Å². The molecule has 2 aliphatic heterocycles. The predicted molar refractivity (Wildman–Crippen MR) is 40.2 cm³/mol. The Morgan fingerprint density at radius 1 is 1.64 bits per heavy atom. The van der Waals surface area contributed by atoms with Gasteiger partial charge in [0.05, 0.1) is 6.54 Å². The number of ether oxygens (including phenoxy) is 1. The highest BCUT2D eigenvalue weighted by Gasteiger charge is 2.20. The van der Waals surface area contributed by atoms with Gasteiger partial charge in [0, 0.05) is 19.4 Å². The first kappa shape index (κ1) is 6.52. The number of aliphatic imine (C=N–C) groups is 1. The molecule has 0 aromatic carbocycles. The summed E-state index contributed by atoms with van der Waals surface area (Å²) in [4.78, 5) is 7.70. The highest BCUT2D eigenvalue weighted by molar-refractivity contribution is 5.77. The van der Waals surface area contributed by atoms with Gasteiger partial charge in [0.1, 0.15) is 6.61 Å². The fourth-order valence-corrected chi connectivity index (χ4v) is 0.979. The fourth-order valence-electron chi connectivity index (χ4n) is 0.979. The molecule has 0 atom stereocenters. The highest BCUT2D eigenvalue weighted by atomic mass is 16.5. The van der Waals surface area contributed by atoms with E-state index < -0.39 is 0 Å². The maximum absolute atomic E-state index is 5.22. The second kappa shape index (κ2) is 2.45. The molecule has 0 saturated heterocycles. The lowest BCUT2D eigenvalue weighted by Gasteiger charge is -2.13. The van der Waals surface area contributed by atoms with Crippen LogP contribution in [0.15, 0.2) is 17.4 Å². The third kappa shape index (κ3) is 1.15. The van der Waals surface area contributed by atoms with Crippen LogP contribution in [0.1, 0.15) is 0 Å². The van der Waals surface area contributed by atoms with Gasteiger partial charge in [-0.25, -0.2) is 4.99 Å². The van der Waals surface area contributed by atoms with Crippen molar-refractivity contribution >= 4 is 6.02 Å². The average Bonchev–Trinajstić information content (AvgIpc) is 2.55. The largest absolute Gasteiger partial charge is 0.463 e. The maximum Gasteiger partial charge on any atom is 0.293 e. The van der Waals surface area contributed by atoms with Gasteiger partial charge in [-0.15, -0.1) is 0 Å². The van der Waals surface area contributed by atoms with Gasteiger partial charge in [-0.1, -0.05) is 0 Å². The summed E-state index contributed by atoms with van der Waals surface area (Å²) >= 11 is 0. The standard InChI is InChI=1S/C7H9N3O/c1-9-3-4-10(6-9)7-8-2-5-11-7/h3-4H,2,5H2,1H3. The molecule has 0 fully saturated rings. The average molecular weight is 151 g/mol. The monoisotopic (exact) mass is 151 g/mol. The molecule has 2 rings (SSSR count). The van der Waals surface area contributed by atoms with E-state index in [0.29, 0.717) is 12.6 Å². The minimum absolute atomic E-state index is 0.644. The molecule has 0 aromatic rings. The predicted octanol–water partition coefficient (Wildman–Crippen LogP) is 0.0875. The van der Waals surface area contributed by atoms with Crippen LogP contribution in [0.5, 0.6) is 0 Å². The summed E-state index contributed by atoms with van der Waals surface area (Å²) in [6.45, 7) is 4.44. The molecule has 0 saturated carbocycles. The Hall–Kier alpha value is -1.19. The number of hydrogen-bond donors (Lipinski definition) is 0. The summed E-state index contributed by atoms with van der Waals surface area (Å²) in [5.74, 6) is 0. The third-order valence-electron chi connectivity index (χ3n) is 1.48. The Kier molecular flexibility index (Phi) is 1.45. The first-order valence-corrected chi connectivity index (χ1v) is 3.50. The zero-order valence-corrected chi connectivity index (χ0v) is 6.32. The van der Waals surface area contributed by atoms with Crippen molar-refractivity contribution in [2.45, 2.75) is 0 Å². The Bertz CT molecular complexity index is 212. The number of hydrogen-bond acceptors (Lipinski definition) is 4. The third-order valence-corrected chi connectivity index (χ3v) is 1.48. The molecule has 0 N–H and O–H groups in total. The van der Waals surface area contributed by atoms with E-state index in [9.17, 15) is 0 Å². The van der Waals surface area contributed by atoms with Gasteiger partial charge in [0.25, 0.3) is 6.02 Å². The van der Waals surface area contributed by atoms with Crippen molar-refractivity contribution in [2.24, 2.45) is 4.99 Å². The van der Waals surface area contributed by atoms with Crippen LogP contribution >= 0.6 is 0 Å². The molecule has 4 nitrogen and oxygen atoms in total. The first-order chi connectivity index (χ1) is 5.36. The molecule has 11 heavy (non-hydrogen) atoms. The molecular formula is C7H9N3O. The normalized spacial score (nSPS) is 22.5. The Morgan fingerprint density at radius 2 is 2.55 bits per heavy atom. The van der Waals surface area contributed by atoms with Crippen molar-refractivity contribution in [2.75, 3.05) is 20.2 Å². The molecule has 0 bridgehead atoms. The van der Waals surface area contributed by atoms with Crippen LogP contribution in [0.4, 0.5) is 0 Å². The zero-order valence-electron chi connectivity index (χ0n) is 6.32. The molecule has 2 radical (unpaired) electrons. The summed E-state index contributed by atoms with van der Waals surface area (Å²) in [6.07, 6.45) is 3.76. The summed E-state index contributed by atoms with van der Waals surface area (Å²) in [6, 6.07) is 0.644. The minimum Gasteiger partial charge on any atom is -0.463 e. The lowest BCUT2D eigenvalue weighted by Crippen LogP contribution is -2.24. The van der Waals surface area contributed by atoms with E-state index in [0.717, 1.165) is 6.54 Å². The van der Waals surface area contributed by atoms with E-state index in [1.54, 1.807) is 4.90 Å². The van der Waals surface area contributed by atoms with Gasteiger partial charge in [-0.3, -0.25) is 4.90 Å². The fraction of sp³-hybridized carbons (Fsp3) is 0.429. The van der Waals surface area contributed by atoms with Crippen LogP contribution < -0.4 is 0 Å². The first-order valence-electron chi connectivity index (χ1n) is 3.50. The van der Waals surface area contributed by atoms with E-state index in [1.807, 2.05) is 24.3 Å². The van der Waals surface area contributed by atoms with Gasteiger partial charge < -0.3 is 9.64 Å². The van der Waals surface area contributed by atoms with Crippen LogP contribution in [-0.2, 0) is 4.74 Å². The Balaban J connectivity index is 2.01. The number of rotatable bonds is 0. The molecule has 0 aliphatic carbocycles. The van der Waals surface area contributed by atoms with Crippen molar-refractivity contribution in [3.63, 3.8) is 0 Å². The van der Waals surface area contributed by atoms with E-state index in [1.165, 1.54) is 0 Å². The lowest BCUT2D eigenvalue weighted by molar-refractivity contribution is 0.297. The number of nitrogens with zero attached hydrogens (tertiary/aromatic N) is 3. The maximum atomic E-state index is 5.22. The van der Waals surface area contributed by atoms with Crippen molar-refractivity contribution < 1.29 is 4.74 Å². The summed E-state index contributed by atoms with van der Waals surface area (Å²) < 4.78 is 5.22. The molecule has 0 unspecified atom stereocenters. The number of amidine groups is 1. The van der Waals surface area contributed by atoms with Crippen LogP contribution in [0.2, 0.25) is 0 Å². The van der Waals surface area contributed by atoms with Gasteiger partial charge in [0.15, 0.2) is 0 Å². The molecule has 0 spiro atoms. The summed E-state index contributed by atoms with van der Waals surface area (Å²) in [5, 5.41) is 0. The minimum atomic E-state index is 0.644. The molecule has 2 aliphatic rings. The van der Waals surface area contributed by atoms with Gasteiger partial charge in [0.2, 0.25) is 6.67 Å². The van der Waals surface area contributed by atoms with Gasteiger partial charge in [-0.2, -0.15) is 0 Å². The Morgan fingerprint density at radius 3 is 3.09 bits per heavy atom. The van der Waals surface area contributed by atoms with Crippen LogP contribution in [0.3, 0.4) is 0 Å². The summed E-state index contributed by atoms with van der Waals surface area (Å²) in [7, 11) is 1.91. The van der Waals surface area contributed by atoms with Crippen molar-refractivity contribution in [1.82, 2.24) is 9.80 Å². The van der Waals surface area contributed by atoms with Gasteiger partial charge >= 0.3 is 0 Å². The molecule has 58 valence electrons. The SMILES string of the molecule is CN1[C]N(C2=NCCO2)C=C1. The molecular weight excluding hydrogens is 142 g/mol. The van der Waals surface area contributed by atoms with Crippen LogP contribution in [-0.4, -0.2) is 36.0 Å². The van der Waals surface area contributed by atoms with Crippen molar-refractivity contribution in [3.05, 3.63) is 19.1 Å². The second-order valence-electron chi connectivity index (χ2n) is 2.39. The molecule has 4 heteroatoms. The highest BCUT2D eigenvalue weighted by Crippen LogP contribution is 2.12. The second-order valence-corrected chi connectivity index (χ2v) is 2.39. The van der Waals surface area contributed by atoms with E-state index in [4.69, 9.17) is 4.74 Å². The molecule has 0 aromatic heterocycles. The zero-order chi connectivity index (χ0) is 7.68. The topological polar surface area (TPSA) is 28.1 Å². The van der Waals surface area contributed by atoms with Crippen molar-refractivity contribution in [3.8, 4) is 0 Å². The van der Waals surface area contributed by atoms with Gasteiger partial charge in [-0.05, 0) is 0 Å². The van der Waals surface area contributed by atoms with E-state index in [-0.39, 0.29) is 0 Å². The van der Waals surface area contributed by atoms with Crippen molar-refractivity contribution in [1.29, 1.82) is 0 Å². The quantitative estimate of drug-likeness (QED) is 0.491. The van der Waals surface area contributed by atoms with E-state index >= 15 is 0 Å². The summed E-state index contributed by atoms with van der Waals surface area (Å²) in [5.41, 5.74) is 0. The molecule has 0 amide bonds. The van der Waals surface area contributed by atoms with Crippen LogP contribution in [0.25, 0.3) is 0 Å². The Labute approximate surface area is 65.8 Å².